The predicted octanol–water partition coefficient (Wildman–Crippen LogP) is 5.69. The van der Waals surface area contributed by atoms with E-state index in [1.807, 2.05) is 14.1 Å². The zero-order chi connectivity index (χ0) is 21.6. The third-order valence-corrected chi connectivity index (χ3v) is 5.86. The van der Waals surface area contributed by atoms with E-state index in [0.29, 0.717) is 24.2 Å². The molecule has 0 spiro atoms. The van der Waals surface area contributed by atoms with E-state index in [4.69, 9.17) is 9.84 Å². The zero-order valence-corrected chi connectivity index (χ0v) is 20.2. The molecule has 0 heterocycles. The van der Waals surface area contributed by atoms with Crippen LogP contribution in [0.1, 0.15) is 110 Å². The summed E-state index contributed by atoms with van der Waals surface area (Å²) >= 11 is 0. The van der Waals surface area contributed by atoms with Gasteiger partial charge < -0.3 is 19.4 Å². The van der Waals surface area contributed by atoms with Crippen molar-refractivity contribution in [3.8, 4) is 0 Å². The lowest BCUT2D eigenvalue weighted by atomic mass is 10.0. The Morgan fingerprint density at radius 1 is 0.690 bits per heavy atom. The van der Waals surface area contributed by atoms with E-state index in [1.165, 1.54) is 96.3 Å². The number of likely N-dealkylation sites (N-methyl/N-ethyl adjacent to an activating group) is 1. The van der Waals surface area contributed by atoms with Gasteiger partial charge in [-0.15, -0.1) is 0 Å². The number of nitrogens with zero attached hydrogens (tertiary/aromatic N) is 1. The molecule has 0 saturated heterocycles. The molecule has 0 fully saturated rings. The van der Waals surface area contributed by atoms with Crippen LogP contribution in [0.4, 0.5) is 0 Å². The second-order valence-corrected chi connectivity index (χ2v) is 9.60. The van der Waals surface area contributed by atoms with Crippen molar-refractivity contribution >= 4 is 0 Å². The van der Waals surface area contributed by atoms with Crippen LogP contribution in [-0.2, 0) is 4.74 Å². The number of hydrogen-bond acceptors (Lipinski definition) is 3. The molecule has 0 aromatic rings. The molecule has 29 heavy (non-hydrogen) atoms. The third kappa shape index (κ3) is 22.3. The van der Waals surface area contributed by atoms with Crippen molar-refractivity contribution in [2.75, 3.05) is 47.0 Å². The Balaban J connectivity index is 3.20. The highest BCUT2D eigenvalue weighted by Crippen LogP contribution is 2.13. The summed E-state index contributed by atoms with van der Waals surface area (Å²) in [6, 6.07) is 0. The fourth-order valence-electron chi connectivity index (χ4n) is 3.96. The van der Waals surface area contributed by atoms with Crippen LogP contribution in [-0.4, -0.2) is 67.8 Å². The maximum absolute atomic E-state index is 10.0. The van der Waals surface area contributed by atoms with Gasteiger partial charge in [-0.05, 0) is 6.42 Å². The Kier molecular flexibility index (Phi) is 21.0. The number of aliphatic hydroxyl groups is 2. The normalized spacial score (nSPS) is 13.1. The minimum absolute atomic E-state index is 0.153. The van der Waals surface area contributed by atoms with Gasteiger partial charge in [0.05, 0.1) is 27.3 Å². The smallest absolute Gasteiger partial charge is 0.126 e. The van der Waals surface area contributed by atoms with Crippen LogP contribution in [0.2, 0.25) is 0 Å². The molecule has 0 aliphatic carbocycles. The highest BCUT2D eigenvalue weighted by atomic mass is 16.5. The van der Waals surface area contributed by atoms with Crippen LogP contribution >= 0.6 is 0 Å². The Hall–Kier alpha value is -0.160. The average molecular weight is 417 g/mol. The van der Waals surface area contributed by atoms with E-state index in [9.17, 15) is 5.11 Å². The molecule has 0 amide bonds. The van der Waals surface area contributed by atoms with Crippen molar-refractivity contribution < 1.29 is 19.4 Å². The van der Waals surface area contributed by atoms with Gasteiger partial charge in [-0.2, -0.15) is 0 Å². The first-order valence-corrected chi connectivity index (χ1v) is 12.7. The van der Waals surface area contributed by atoms with Gasteiger partial charge >= 0.3 is 0 Å². The molecule has 2 N–H and O–H groups in total. The van der Waals surface area contributed by atoms with Crippen LogP contribution in [0.15, 0.2) is 0 Å². The number of unbranched alkanes of at least 4 members (excludes halogenated alkanes) is 15. The Morgan fingerprint density at radius 2 is 1.10 bits per heavy atom. The van der Waals surface area contributed by atoms with Gasteiger partial charge in [0.1, 0.15) is 19.2 Å². The molecule has 0 bridgehead atoms. The molecular formula is C25H54NO3+. The molecule has 1 unspecified atom stereocenters. The molecule has 4 nitrogen and oxygen atoms in total. The van der Waals surface area contributed by atoms with E-state index in [1.54, 1.807) is 0 Å². The molecule has 0 aromatic heterocycles. The Labute approximate surface area is 182 Å². The van der Waals surface area contributed by atoms with Crippen LogP contribution in [0.5, 0.6) is 0 Å². The maximum Gasteiger partial charge on any atom is 0.126 e. The lowest BCUT2D eigenvalue weighted by molar-refractivity contribution is -0.893. The van der Waals surface area contributed by atoms with Crippen molar-refractivity contribution in [3.05, 3.63) is 0 Å². The Morgan fingerprint density at radius 3 is 1.52 bits per heavy atom. The summed E-state index contributed by atoms with van der Waals surface area (Å²) in [5.41, 5.74) is 0. The molecule has 0 rings (SSSR count). The van der Waals surface area contributed by atoms with Crippen LogP contribution in [0.3, 0.4) is 0 Å². The number of aliphatic hydroxyl groups excluding tert-OH is 2. The summed E-state index contributed by atoms with van der Waals surface area (Å²) in [7, 11) is 4.05. The highest BCUT2D eigenvalue weighted by molar-refractivity contribution is 4.53. The summed E-state index contributed by atoms with van der Waals surface area (Å²) < 4.78 is 6.24. The number of rotatable bonds is 23. The summed E-state index contributed by atoms with van der Waals surface area (Å²) in [6.45, 7) is 4.88. The van der Waals surface area contributed by atoms with Gasteiger partial charge in [-0.25, -0.2) is 0 Å². The third-order valence-electron chi connectivity index (χ3n) is 5.86. The van der Waals surface area contributed by atoms with E-state index in [0.717, 1.165) is 13.0 Å². The lowest BCUT2D eigenvalue weighted by Crippen LogP contribution is -2.48. The monoisotopic (exact) mass is 416 g/mol. The largest absolute Gasteiger partial charge is 0.391 e. The summed E-state index contributed by atoms with van der Waals surface area (Å²) in [5, 5.41) is 19.0. The van der Waals surface area contributed by atoms with Crippen molar-refractivity contribution in [2.24, 2.45) is 0 Å². The first-order valence-electron chi connectivity index (χ1n) is 12.7. The first kappa shape index (κ1) is 28.8. The fourth-order valence-corrected chi connectivity index (χ4v) is 3.96. The molecule has 1 atom stereocenters. The molecule has 4 heteroatoms. The predicted molar refractivity (Wildman–Crippen MR) is 125 cm³/mol. The summed E-state index contributed by atoms with van der Waals surface area (Å²) in [6.07, 6.45) is 21.6. The topological polar surface area (TPSA) is 49.7 Å². The molecule has 0 saturated carbocycles. The molecule has 0 aliphatic rings. The summed E-state index contributed by atoms with van der Waals surface area (Å²) in [5.74, 6) is 0. The van der Waals surface area contributed by atoms with Crippen LogP contribution in [0, 0.1) is 0 Å². The van der Waals surface area contributed by atoms with Crippen molar-refractivity contribution in [3.63, 3.8) is 0 Å². The lowest BCUT2D eigenvalue weighted by Gasteiger charge is -2.31. The van der Waals surface area contributed by atoms with Crippen LogP contribution < -0.4 is 0 Å². The quantitative estimate of drug-likeness (QED) is 0.166. The molecular weight excluding hydrogens is 362 g/mol. The molecule has 0 aromatic carbocycles. The molecule has 176 valence electrons. The fraction of sp³-hybridized carbons (Fsp3) is 1.00. The van der Waals surface area contributed by atoms with E-state index >= 15 is 0 Å². The van der Waals surface area contributed by atoms with E-state index in [-0.39, 0.29) is 6.61 Å². The van der Waals surface area contributed by atoms with Crippen molar-refractivity contribution in [2.45, 2.75) is 116 Å². The highest BCUT2D eigenvalue weighted by Gasteiger charge is 2.19. The standard InChI is InChI=1S/C25H54NO3/c1-4-5-6-7-8-9-10-11-12-13-14-15-16-17-18-19-22-29-24-25(28)23-26(2,3)20-21-27/h25,27-28H,4-24H2,1-3H3/q+1. The average Bonchev–Trinajstić information content (AvgIpc) is 2.66. The number of hydrogen-bond donors (Lipinski definition) is 2. The zero-order valence-electron chi connectivity index (χ0n) is 20.2. The van der Waals surface area contributed by atoms with Gasteiger partial charge in [0.25, 0.3) is 0 Å². The molecule has 0 radical (unpaired) electrons. The number of ether oxygens (including phenoxy) is 1. The van der Waals surface area contributed by atoms with Gasteiger partial charge in [0.2, 0.25) is 0 Å². The first-order chi connectivity index (χ1) is 14.0. The van der Waals surface area contributed by atoms with Crippen molar-refractivity contribution in [1.82, 2.24) is 0 Å². The summed E-state index contributed by atoms with van der Waals surface area (Å²) in [4.78, 5) is 0. The minimum atomic E-state index is -0.447. The maximum atomic E-state index is 10.0. The van der Waals surface area contributed by atoms with E-state index < -0.39 is 6.10 Å². The minimum Gasteiger partial charge on any atom is -0.391 e. The second kappa shape index (κ2) is 21.1. The second-order valence-electron chi connectivity index (χ2n) is 9.60. The van der Waals surface area contributed by atoms with Gasteiger partial charge in [0, 0.05) is 6.61 Å². The van der Waals surface area contributed by atoms with Crippen LogP contribution in [0.25, 0.3) is 0 Å². The Bertz CT molecular complexity index is 323. The SMILES string of the molecule is CCCCCCCCCCCCCCCCCCOCC(O)C[N+](C)(C)CCO. The van der Waals surface area contributed by atoms with Gasteiger partial charge in [-0.1, -0.05) is 103 Å². The van der Waals surface area contributed by atoms with Gasteiger partial charge in [-0.3, -0.25) is 0 Å². The van der Waals surface area contributed by atoms with Crippen molar-refractivity contribution in [1.29, 1.82) is 0 Å². The number of quaternary nitrogens is 1. The van der Waals surface area contributed by atoms with E-state index in [2.05, 4.69) is 6.92 Å². The molecule has 0 aliphatic heterocycles. The van der Waals surface area contributed by atoms with Gasteiger partial charge in [0.15, 0.2) is 0 Å².